The fourth-order valence-electron chi connectivity index (χ4n) is 2.40. The molecule has 1 unspecified atom stereocenters. The minimum atomic E-state index is -3.60. The van der Waals surface area contributed by atoms with Gasteiger partial charge >= 0.3 is 0 Å². The average molecular weight is 390 g/mol. The number of nitrogens with one attached hydrogen (secondary N) is 1. The number of carbonyl (C=O) groups excluding carboxylic acids is 1. The van der Waals surface area contributed by atoms with Crippen LogP contribution in [0.25, 0.3) is 0 Å². The zero-order valence-corrected chi connectivity index (χ0v) is 14.6. The van der Waals surface area contributed by atoms with Gasteiger partial charge in [-0.25, -0.2) is 13.1 Å². The molecule has 22 heavy (non-hydrogen) atoms. The van der Waals surface area contributed by atoms with Crippen LogP contribution in [-0.2, 0) is 14.8 Å². The van der Waals surface area contributed by atoms with Gasteiger partial charge in [0.25, 0.3) is 0 Å². The molecule has 1 aliphatic rings. The molecule has 1 aromatic carbocycles. The zero-order valence-electron chi connectivity index (χ0n) is 12.2. The molecule has 1 atom stereocenters. The molecule has 0 aliphatic carbocycles. The van der Waals surface area contributed by atoms with Crippen molar-refractivity contribution in [3.63, 3.8) is 0 Å². The van der Waals surface area contributed by atoms with Gasteiger partial charge in [-0.05, 0) is 31.0 Å². The maximum Gasteiger partial charge on any atom is 0.240 e. The number of hydrogen-bond donors (Lipinski definition) is 2. The highest BCUT2D eigenvalue weighted by atomic mass is 79.9. The van der Waals surface area contributed by atoms with E-state index in [0.29, 0.717) is 17.6 Å². The summed E-state index contributed by atoms with van der Waals surface area (Å²) >= 11 is 3.24. The summed E-state index contributed by atoms with van der Waals surface area (Å²) in [6, 6.07) is 6.46. The minimum absolute atomic E-state index is 0.0241. The molecule has 2 rings (SSSR count). The molecular formula is C14H20BrN3O3S. The predicted octanol–water partition coefficient (Wildman–Crippen LogP) is 1.07. The first-order valence-electron chi connectivity index (χ1n) is 7.17. The summed E-state index contributed by atoms with van der Waals surface area (Å²) in [5.74, 6) is -0.0629. The molecule has 0 saturated carbocycles. The summed E-state index contributed by atoms with van der Waals surface area (Å²) in [4.78, 5) is 13.9. The van der Waals surface area contributed by atoms with Crippen molar-refractivity contribution < 1.29 is 13.2 Å². The number of sulfonamides is 1. The van der Waals surface area contributed by atoms with E-state index in [0.717, 1.165) is 12.8 Å². The first-order chi connectivity index (χ1) is 10.4. The third-order valence-electron chi connectivity index (χ3n) is 3.55. The lowest BCUT2D eigenvalue weighted by Crippen LogP contribution is -2.46. The standard InChI is InChI=1S/C14H20BrN3O3S/c15-11-3-1-5-13(9-11)22(20,21)17-7-6-14(19)18-8-2-4-12(16)10-18/h1,3,5,9,12,17H,2,4,6-8,10,16H2. The largest absolute Gasteiger partial charge is 0.341 e. The van der Waals surface area contributed by atoms with Crippen LogP contribution in [0.15, 0.2) is 33.6 Å². The number of halogens is 1. The number of nitrogens with zero attached hydrogens (tertiary/aromatic N) is 1. The van der Waals surface area contributed by atoms with Gasteiger partial charge in [0.15, 0.2) is 0 Å². The Hall–Kier alpha value is -0.960. The van der Waals surface area contributed by atoms with E-state index in [1.807, 2.05) is 0 Å². The first kappa shape index (κ1) is 17.4. The van der Waals surface area contributed by atoms with Crippen LogP contribution in [0.1, 0.15) is 19.3 Å². The van der Waals surface area contributed by atoms with Gasteiger partial charge in [-0.3, -0.25) is 4.79 Å². The highest BCUT2D eigenvalue weighted by Gasteiger charge is 2.21. The van der Waals surface area contributed by atoms with Crippen LogP contribution in [0.2, 0.25) is 0 Å². The lowest BCUT2D eigenvalue weighted by atomic mass is 10.1. The molecule has 1 aliphatic heterocycles. The average Bonchev–Trinajstić information content (AvgIpc) is 2.47. The van der Waals surface area contributed by atoms with Crippen molar-refractivity contribution in [1.29, 1.82) is 0 Å². The summed E-state index contributed by atoms with van der Waals surface area (Å²) < 4.78 is 27.4. The Labute approximate surface area is 139 Å². The molecule has 0 radical (unpaired) electrons. The van der Waals surface area contributed by atoms with E-state index in [1.165, 1.54) is 12.1 Å². The Bertz CT molecular complexity index is 636. The lowest BCUT2D eigenvalue weighted by molar-refractivity contribution is -0.132. The van der Waals surface area contributed by atoms with E-state index in [9.17, 15) is 13.2 Å². The van der Waals surface area contributed by atoms with Crippen LogP contribution >= 0.6 is 15.9 Å². The Morgan fingerprint density at radius 3 is 2.91 bits per heavy atom. The quantitative estimate of drug-likeness (QED) is 0.787. The van der Waals surface area contributed by atoms with Crippen molar-refractivity contribution in [2.45, 2.75) is 30.2 Å². The van der Waals surface area contributed by atoms with Crippen LogP contribution in [0.5, 0.6) is 0 Å². The lowest BCUT2D eigenvalue weighted by Gasteiger charge is -2.30. The van der Waals surface area contributed by atoms with E-state index >= 15 is 0 Å². The number of benzene rings is 1. The van der Waals surface area contributed by atoms with E-state index in [2.05, 4.69) is 20.7 Å². The van der Waals surface area contributed by atoms with E-state index in [1.54, 1.807) is 17.0 Å². The summed E-state index contributed by atoms with van der Waals surface area (Å²) in [5, 5.41) is 0. The van der Waals surface area contributed by atoms with Gasteiger partial charge in [0.2, 0.25) is 15.9 Å². The van der Waals surface area contributed by atoms with Gasteiger partial charge in [-0.2, -0.15) is 0 Å². The number of amides is 1. The number of hydrogen-bond acceptors (Lipinski definition) is 4. The Kier molecular flexibility index (Phi) is 5.96. The summed E-state index contributed by atoms with van der Waals surface area (Å²) in [6.45, 7) is 1.33. The molecule has 0 spiro atoms. The third kappa shape index (κ3) is 4.77. The normalized spacial score (nSPS) is 19.2. The molecule has 1 aromatic rings. The maximum absolute atomic E-state index is 12.1. The molecule has 1 amide bonds. The number of nitrogens with two attached hydrogens (primary N) is 1. The van der Waals surface area contributed by atoms with Crippen molar-refractivity contribution >= 4 is 31.9 Å². The Balaban J connectivity index is 1.86. The van der Waals surface area contributed by atoms with Crippen LogP contribution in [0, 0.1) is 0 Å². The van der Waals surface area contributed by atoms with Gasteiger partial charge in [0.05, 0.1) is 4.90 Å². The first-order valence-corrected chi connectivity index (χ1v) is 9.45. The predicted molar refractivity (Wildman–Crippen MR) is 87.7 cm³/mol. The fraction of sp³-hybridized carbons (Fsp3) is 0.500. The smallest absolute Gasteiger partial charge is 0.240 e. The highest BCUT2D eigenvalue weighted by molar-refractivity contribution is 9.10. The Morgan fingerprint density at radius 2 is 2.23 bits per heavy atom. The van der Waals surface area contributed by atoms with Crippen molar-refractivity contribution in [2.24, 2.45) is 5.73 Å². The number of carbonyl (C=O) groups is 1. The van der Waals surface area contributed by atoms with Crippen LogP contribution in [-0.4, -0.2) is 44.9 Å². The molecule has 1 heterocycles. The van der Waals surface area contributed by atoms with Crippen molar-refractivity contribution in [1.82, 2.24) is 9.62 Å². The van der Waals surface area contributed by atoms with Gasteiger partial charge in [-0.1, -0.05) is 22.0 Å². The molecule has 6 nitrogen and oxygen atoms in total. The second-order valence-corrected chi connectivity index (χ2v) is 8.03. The SMILES string of the molecule is NC1CCCN(C(=O)CCNS(=O)(=O)c2cccc(Br)c2)C1. The molecule has 8 heteroatoms. The van der Waals surface area contributed by atoms with Crippen molar-refractivity contribution in [3.8, 4) is 0 Å². The van der Waals surface area contributed by atoms with Crippen LogP contribution < -0.4 is 10.5 Å². The van der Waals surface area contributed by atoms with Gasteiger partial charge in [0.1, 0.15) is 0 Å². The molecule has 3 N–H and O–H groups in total. The maximum atomic E-state index is 12.1. The number of piperidine rings is 1. The van der Waals surface area contributed by atoms with E-state index in [4.69, 9.17) is 5.73 Å². The number of likely N-dealkylation sites (tertiary alicyclic amines) is 1. The van der Waals surface area contributed by atoms with E-state index in [-0.39, 0.29) is 29.8 Å². The third-order valence-corrected chi connectivity index (χ3v) is 5.50. The second-order valence-electron chi connectivity index (χ2n) is 5.35. The van der Waals surface area contributed by atoms with Crippen molar-refractivity contribution in [3.05, 3.63) is 28.7 Å². The fourth-order valence-corrected chi connectivity index (χ4v) is 4.03. The molecular weight excluding hydrogens is 370 g/mol. The molecule has 1 fully saturated rings. The van der Waals surface area contributed by atoms with Gasteiger partial charge in [-0.15, -0.1) is 0 Å². The van der Waals surface area contributed by atoms with Gasteiger partial charge < -0.3 is 10.6 Å². The monoisotopic (exact) mass is 389 g/mol. The van der Waals surface area contributed by atoms with Crippen LogP contribution in [0.3, 0.4) is 0 Å². The second kappa shape index (κ2) is 7.54. The van der Waals surface area contributed by atoms with Crippen molar-refractivity contribution in [2.75, 3.05) is 19.6 Å². The molecule has 0 bridgehead atoms. The summed E-state index contributed by atoms with van der Waals surface area (Å²) in [5.41, 5.74) is 5.84. The molecule has 0 aromatic heterocycles. The highest BCUT2D eigenvalue weighted by Crippen LogP contribution is 2.16. The minimum Gasteiger partial charge on any atom is -0.341 e. The number of rotatable bonds is 5. The Morgan fingerprint density at radius 1 is 1.45 bits per heavy atom. The summed E-state index contributed by atoms with van der Waals surface area (Å²) in [7, 11) is -3.60. The van der Waals surface area contributed by atoms with E-state index < -0.39 is 10.0 Å². The zero-order chi connectivity index (χ0) is 16.2. The molecule has 122 valence electrons. The summed E-state index contributed by atoms with van der Waals surface area (Å²) in [6.07, 6.45) is 1.97. The van der Waals surface area contributed by atoms with Crippen LogP contribution in [0.4, 0.5) is 0 Å². The molecule has 1 saturated heterocycles. The van der Waals surface area contributed by atoms with Gasteiger partial charge in [0, 0.05) is 36.6 Å². The topological polar surface area (TPSA) is 92.5 Å².